The zero-order chi connectivity index (χ0) is 13.1. The smallest absolute Gasteiger partial charge is 0.185 e. The topological polar surface area (TPSA) is 63.2 Å². The van der Waals surface area contributed by atoms with E-state index in [0.717, 1.165) is 0 Å². The lowest BCUT2D eigenvalue weighted by molar-refractivity contribution is 0.110. The summed E-state index contributed by atoms with van der Waals surface area (Å²) in [6.45, 7) is 0. The Morgan fingerprint density at radius 3 is 2.72 bits per heavy atom. The SMILES string of the molecule is COc1ccc(C#N)c(-c2ccc(C=O)o2)c1Cl. The van der Waals surface area contributed by atoms with E-state index in [1.165, 1.54) is 13.2 Å². The van der Waals surface area contributed by atoms with Crippen LogP contribution in [0, 0.1) is 11.3 Å². The van der Waals surface area contributed by atoms with Crippen LogP contribution in [0.3, 0.4) is 0 Å². The van der Waals surface area contributed by atoms with Gasteiger partial charge in [-0.05, 0) is 24.3 Å². The average Bonchev–Trinajstić information content (AvgIpc) is 2.86. The van der Waals surface area contributed by atoms with Gasteiger partial charge in [0, 0.05) is 0 Å². The highest BCUT2D eigenvalue weighted by molar-refractivity contribution is 6.35. The number of carbonyl (C=O) groups is 1. The van der Waals surface area contributed by atoms with Crippen molar-refractivity contribution in [1.82, 2.24) is 0 Å². The van der Waals surface area contributed by atoms with Gasteiger partial charge in [0.05, 0.1) is 29.3 Å². The summed E-state index contributed by atoms with van der Waals surface area (Å²) in [4.78, 5) is 10.6. The molecule has 0 aliphatic rings. The van der Waals surface area contributed by atoms with Gasteiger partial charge in [0.25, 0.3) is 0 Å². The fraction of sp³-hybridized carbons (Fsp3) is 0.0769. The van der Waals surface area contributed by atoms with Gasteiger partial charge in [-0.2, -0.15) is 5.26 Å². The molecule has 18 heavy (non-hydrogen) atoms. The molecule has 1 aromatic heterocycles. The van der Waals surface area contributed by atoms with Gasteiger partial charge in [-0.25, -0.2) is 0 Å². The number of benzene rings is 1. The summed E-state index contributed by atoms with van der Waals surface area (Å²) in [7, 11) is 1.48. The lowest BCUT2D eigenvalue weighted by Gasteiger charge is -2.08. The fourth-order valence-electron chi connectivity index (χ4n) is 1.60. The van der Waals surface area contributed by atoms with E-state index in [0.29, 0.717) is 28.9 Å². The second kappa shape index (κ2) is 4.94. The van der Waals surface area contributed by atoms with Crippen molar-refractivity contribution in [2.24, 2.45) is 0 Å². The van der Waals surface area contributed by atoms with E-state index in [9.17, 15) is 4.79 Å². The van der Waals surface area contributed by atoms with Crippen molar-refractivity contribution in [2.45, 2.75) is 0 Å². The number of aldehydes is 1. The molecule has 2 rings (SSSR count). The number of nitriles is 1. The lowest BCUT2D eigenvalue weighted by atomic mass is 10.1. The van der Waals surface area contributed by atoms with Crippen LogP contribution in [0.5, 0.6) is 5.75 Å². The van der Waals surface area contributed by atoms with E-state index in [-0.39, 0.29) is 10.8 Å². The number of methoxy groups -OCH3 is 1. The molecule has 0 unspecified atom stereocenters. The normalized spacial score (nSPS) is 9.83. The van der Waals surface area contributed by atoms with Crippen LogP contribution < -0.4 is 4.74 Å². The average molecular weight is 262 g/mol. The first-order valence-corrected chi connectivity index (χ1v) is 5.41. The maximum atomic E-state index is 10.6. The Morgan fingerprint density at radius 2 is 2.17 bits per heavy atom. The van der Waals surface area contributed by atoms with Crippen LogP contribution in [0.4, 0.5) is 0 Å². The summed E-state index contributed by atoms with van der Waals surface area (Å²) in [5.41, 5.74) is 0.777. The molecule has 0 amide bonds. The van der Waals surface area contributed by atoms with E-state index in [2.05, 4.69) is 0 Å². The van der Waals surface area contributed by atoms with Crippen molar-refractivity contribution < 1.29 is 13.9 Å². The Morgan fingerprint density at radius 1 is 1.39 bits per heavy atom. The van der Waals surface area contributed by atoms with Gasteiger partial charge in [-0.1, -0.05) is 11.6 Å². The van der Waals surface area contributed by atoms with Gasteiger partial charge < -0.3 is 9.15 Å². The highest BCUT2D eigenvalue weighted by Crippen LogP contribution is 2.38. The lowest BCUT2D eigenvalue weighted by Crippen LogP contribution is -1.90. The van der Waals surface area contributed by atoms with E-state index in [1.54, 1.807) is 18.2 Å². The number of rotatable bonds is 3. The van der Waals surface area contributed by atoms with Crippen molar-refractivity contribution >= 4 is 17.9 Å². The van der Waals surface area contributed by atoms with E-state index in [1.807, 2.05) is 6.07 Å². The predicted octanol–water partition coefficient (Wildman–Crippen LogP) is 3.29. The molecule has 5 heteroatoms. The second-order valence-electron chi connectivity index (χ2n) is 3.44. The van der Waals surface area contributed by atoms with Gasteiger partial charge in [0.2, 0.25) is 0 Å². The number of furan rings is 1. The van der Waals surface area contributed by atoms with Gasteiger partial charge in [-0.3, -0.25) is 4.79 Å². The van der Waals surface area contributed by atoms with Crippen LogP contribution in [0.1, 0.15) is 16.1 Å². The van der Waals surface area contributed by atoms with Crippen molar-refractivity contribution in [1.29, 1.82) is 5.26 Å². The summed E-state index contributed by atoms with van der Waals surface area (Å²) < 4.78 is 10.4. The molecule has 0 fully saturated rings. The first kappa shape index (κ1) is 12.2. The van der Waals surface area contributed by atoms with E-state index in [4.69, 9.17) is 26.0 Å². The highest BCUT2D eigenvalue weighted by Gasteiger charge is 2.17. The molecule has 2 aromatic rings. The molecule has 0 N–H and O–H groups in total. The third-order valence-corrected chi connectivity index (χ3v) is 2.81. The summed E-state index contributed by atoms with van der Waals surface area (Å²) in [6, 6.07) is 8.32. The molecule has 1 heterocycles. The van der Waals surface area contributed by atoms with Crippen LogP contribution in [-0.2, 0) is 0 Å². The number of hydrogen-bond acceptors (Lipinski definition) is 4. The number of nitrogens with zero attached hydrogens (tertiary/aromatic N) is 1. The fourth-order valence-corrected chi connectivity index (χ4v) is 1.93. The van der Waals surface area contributed by atoms with Crippen LogP contribution in [0.2, 0.25) is 5.02 Å². The molecular formula is C13H8ClNO3. The van der Waals surface area contributed by atoms with E-state index < -0.39 is 0 Å². The quantitative estimate of drug-likeness (QED) is 0.795. The molecule has 0 saturated carbocycles. The Hall–Kier alpha value is -2.25. The Kier molecular flexibility index (Phi) is 3.35. The number of ether oxygens (including phenoxy) is 1. The number of halogens is 1. The molecular weight excluding hydrogens is 254 g/mol. The van der Waals surface area contributed by atoms with Crippen molar-refractivity contribution in [3.8, 4) is 23.1 Å². The molecule has 0 aliphatic heterocycles. The minimum Gasteiger partial charge on any atom is -0.495 e. The minimum absolute atomic E-state index is 0.174. The molecule has 1 aromatic carbocycles. The first-order chi connectivity index (χ1) is 8.71. The molecule has 90 valence electrons. The monoisotopic (exact) mass is 261 g/mol. The minimum atomic E-state index is 0.174. The Labute approximate surface area is 108 Å². The largest absolute Gasteiger partial charge is 0.495 e. The Balaban J connectivity index is 2.68. The first-order valence-electron chi connectivity index (χ1n) is 5.03. The summed E-state index contributed by atoms with van der Waals surface area (Å²) in [6.07, 6.45) is 0.587. The van der Waals surface area contributed by atoms with Crippen LogP contribution in [-0.4, -0.2) is 13.4 Å². The molecule has 0 spiro atoms. The molecule has 4 nitrogen and oxygen atoms in total. The van der Waals surface area contributed by atoms with Crippen molar-refractivity contribution in [3.05, 3.63) is 40.6 Å². The zero-order valence-electron chi connectivity index (χ0n) is 9.44. The highest BCUT2D eigenvalue weighted by atomic mass is 35.5. The third kappa shape index (κ3) is 1.96. The molecule has 0 aliphatic carbocycles. The summed E-state index contributed by atoms with van der Waals surface area (Å²) >= 11 is 6.16. The number of carbonyl (C=O) groups excluding carboxylic acids is 1. The van der Waals surface area contributed by atoms with E-state index >= 15 is 0 Å². The summed E-state index contributed by atoms with van der Waals surface area (Å²) in [5.74, 6) is 0.972. The summed E-state index contributed by atoms with van der Waals surface area (Å²) in [5, 5.41) is 9.35. The van der Waals surface area contributed by atoms with Gasteiger partial charge in [0.1, 0.15) is 11.5 Å². The second-order valence-corrected chi connectivity index (χ2v) is 3.81. The molecule has 0 radical (unpaired) electrons. The standard InChI is InChI=1S/C13H8ClNO3/c1-17-11-4-2-8(6-15)12(13(11)14)10-5-3-9(7-16)18-10/h2-5,7H,1H3. The van der Waals surface area contributed by atoms with Gasteiger partial charge in [-0.15, -0.1) is 0 Å². The zero-order valence-corrected chi connectivity index (χ0v) is 10.2. The molecule has 0 saturated heterocycles. The predicted molar refractivity (Wildman–Crippen MR) is 65.8 cm³/mol. The van der Waals surface area contributed by atoms with Crippen LogP contribution >= 0.6 is 11.6 Å². The van der Waals surface area contributed by atoms with Gasteiger partial charge >= 0.3 is 0 Å². The van der Waals surface area contributed by atoms with Crippen molar-refractivity contribution in [2.75, 3.05) is 7.11 Å². The van der Waals surface area contributed by atoms with Crippen LogP contribution in [0.25, 0.3) is 11.3 Å². The maximum absolute atomic E-state index is 10.6. The van der Waals surface area contributed by atoms with Crippen molar-refractivity contribution in [3.63, 3.8) is 0 Å². The maximum Gasteiger partial charge on any atom is 0.185 e. The number of hydrogen-bond donors (Lipinski definition) is 0. The van der Waals surface area contributed by atoms with Crippen LogP contribution in [0.15, 0.2) is 28.7 Å². The molecule has 0 atom stereocenters. The van der Waals surface area contributed by atoms with Gasteiger partial charge in [0.15, 0.2) is 12.0 Å². The third-order valence-electron chi connectivity index (χ3n) is 2.44. The molecule has 0 bridgehead atoms. The Bertz CT molecular complexity index is 640.